The van der Waals surface area contributed by atoms with Crippen LogP contribution in [0.25, 0.3) is 11.1 Å². The average molecular weight is 451 g/mol. The van der Waals surface area contributed by atoms with Crippen LogP contribution in [0.2, 0.25) is 0 Å². The van der Waals surface area contributed by atoms with Crippen molar-refractivity contribution in [1.29, 1.82) is 0 Å². The van der Waals surface area contributed by atoms with Crippen molar-refractivity contribution in [3.05, 3.63) is 59.7 Å². The third kappa shape index (κ3) is 4.58. The van der Waals surface area contributed by atoms with Gasteiger partial charge in [0.05, 0.1) is 0 Å². The molecule has 0 saturated carbocycles. The number of fused-ring (bicyclic) bond motifs is 3. The quantitative estimate of drug-likeness (QED) is 0.693. The lowest BCUT2D eigenvalue weighted by atomic mass is 9.98. The van der Waals surface area contributed by atoms with Gasteiger partial charge in [0.1, 0.15) is 12.6 Å². The molecule has 0 aromatic heterocycles. The number of benzene rings is 2. The minimum atomic E-state index is -0.990. The highest BCUT2D eigenvalue weighted by molar-refractivity contribution is 5.85. The number of nitrogens with one attached hydrogen (secondary N) is 1. The number of rotatable bonds is 6. The molecule has 7 nitrogen and oxygen atoms in total. The summed E-state index contributed by atoms with van der Waals surface area (Å²) < 4.78 is 5.59. The van der Waals surface area contributed by atoms with Gasteiger partial charge in [0.15, 0.2) is 0 Å². The molecule has 1 saturated heterocycles. The zero-order valence-electron chi connectivity index (χ0n) is 19.2. The van der Waals surface area contributed by atoms with Gasteiger partial charge in [0.25, 0.3) is 0 Å². The van der Waals surface area contributed by atoms with Crippen LogP contribution in [0, 0.1) is 5.92 Å². The van der Waals surface area contributed by atoms with Gasteiger partial charge in [-0.1, -0.05) is 55.5 Å². The Morgan fingerprint density at radius 1 is 1.06 bits per heavy atom. The highest BCUT2D eigenvalue weighted by atomic mass is 16.5. The zero-order chi connectivity index (χ0) is 23.8. The molecule has 1 aliphatic carbocycles. The fraction of sp³-hybridized carbons (Fsp3) is 0.423. The summed E-state index contributed by atoms with van der Waals surface area (Å²) >= 11 is 0. The predicted octanol–water partition coefficient (Wildman–Crippen LogP) is 4.02. The maximum absolute atomic E-state index is 12.8. The number of carboxylic acid groups (broad SMARTS) is 1. The molecule has 174 valence electrons. The summed E-state index contributed by atoms with van der Waals surface area (Å²) in [5, 5.41) is 12.3. The maximum Gasteiger partial charge on any atom is 0.407 e. The van der Waals surface area contributed by atoms with Gasteiger partial charge in [0.2, 0.25) is 5.91 Å². The van der Waals surface area contributed by atoms with Crippen LogP contribution in [0.1, 0.15) is 50.7 Å². The largest absolute Gasteiger partial charge is 0.480 e. The number of alkyl carbamates (subject to hydrolysis) is 1. The average Bonchev–Trinajstić information content (AvgIpc) is 3.30. The minimum Gasteiger partial charge on any atom is -0.480 e. The summed E-state index contributed by atoms with van der Waals surface area (Å²) in [5.41, 5.74) is 3.68. The molecule has 2 aromatic rings. The summed E-state index contributed by atoms with van der Waals surface area (Å²) in [5.74, 6) is -1.41. The standard InChI is InChI=1S/C26H30N2O5/c1-16-12-13-28(23(16)24(30)31)22(29)14-26(2,3)27-25(32)33-15-21-19-10-6-4-8-17(19)18-9-5-7-11-20(18)21/h4-11,16,21,23H,12-15H2,1-3H3,(H,27,32)(H,30,31). The second-order valence-corrected chi connectivity index (χ2v) is 9.65. The Bertz CT molecular complexity index is 1030. The Hall–Kier alpha value is -3.35. The molecule has 0 radical (unpaired) electrons. The van der Waals surface area contributed by atoms with Crippen LogP contribution in [-0.2, 0) is 14.3 Å². The van der Waals surface area contributed by atoms with Crippen molar-refractivity contribution in [2.75, 3.05) is 13.2 Å². The number of carboxylic acids is 1. The van der Waals surface area contributed by atoms with Gasteiger partial charge >= 0.3 is 12.1 Å². The summed E-state index contributed by atoms with van der Waals surface area (Å²) in [6, 6.07) is 15.4. The zero-order valence-corrected chi connectivity index (χ0v) is 19.2. The van der Waals surface area contributed by atoms with Crippen molar-refractivity contribution in [2.24, 2.45) is 5.92 Å². The molecule has 0 spiro atoms. The number of nitrogens with zero attached hydrogens (tertiary/aromatic N) is 1. The van der Waals surface area contributed by atoms with Crippen molar-refractivity contribution in [3.8, 4) is 11.1 Å². The lowest BCUT2D eigenvalue weighted by molar-refractivity contribution is -0.149. The Labute approximate surface area is 193 Å². The fourth-order valence-corrected chi connectivity index (χ4v) is 5.04. The van der Waals surface area contributed by atoms with Gasteiger partial charge in [-0.2, -0.15) is 0 Å². The molecule has 2 aliphatic rings. The Kier molecular flexibility index (Phi) is 6.15. The highest BCUT2D eigenvalue weighted by Crippen LogP contribution is 2.44. The number of amides is 2. The number of hydrogen-bond donors (Lipinski definition) is 2. The molecule has 2 N–H and O–H groups in total. The Morgan fingerprint density at radius 3 is 2.21 bits per heavy atom. The molecular formula is C26H30N2O5. The van der Waals surface area contributed by atoms with Crippen molar-refractivity contribution in [2.45, 2.75) is 51.1 Å². The molecule has 7 heteroatoms. The monoisotopic (exact) mass is 450 g/mol. The molecule has 2 unspecified atom stereocenters. The summed E-state index contributed by atoms with van der Waals surface area (Å²) in [7, 11) is 0. The van der Waals surface area contributed by atoms with E-state index >= 15 is 0 Å². The van der Waals surface area contributed by atoms with Crippen LogP contribution in [0.5, 0.6) is 0 Å². The van der Waals surface area contributed by atoms with E-state index in [0.717, 1.165) is 22.3 Å². The lowest BCUT2D eigenvalue weighted by Gasteiger charge is -2.30. The van der Waals surface area contributed by atoms with Gasteiger partial charge in [-0.3, -0.25) is 4.79 Å². The minimum absolute atomic E-state index is 0.00625. The van der Waals surface area contributed by atoms with Crippen LogP contribution in [0.15, 0.2) is 48.5 Å². The van der Waals surface area contributed by atoms with Crippen LogP contribution < -0.4 is 5.32 Å². The van der Waals surface area contributed by atoms with Crippen molar-refractivity contribution < 1.29 is 24.2 Å². The second kappa shape index (κ2) is 8.89. The van der Waals surface area contributed by atoms with Crippen molar-refractivity contribution in [1.82, 2.24) is 10.2 Å². The number of carbonyl (C=O) groups is 3. The van der Waals surface area contributed by atoms with Crippen molar-refractivity contribution in [3.63, 3.8) is 0 Å². The van der Waals surface area contributed by atoms with Gasteiger partial charge in [-0.25, -0.2) is 9.59 Å². The first-order valence-electron chi connectivity index (χ1n) is 11.3. The molecule has 4 rings (SSSR count). The number of hydrogen-bond acceptors (Lipinski definition) is 4. The first-order valence-corrected chi connectivity index (χ1v) is 11.3. The molecule has 1 fully saturated rings. The van der Waals surface area contributed by atoms with E-state index < -0.39 is 23.6 Å². The molecule has 0 bridgehead atoms. The molecule has 2 atom stereocenters. The number of likely N-dealkylation sites (tertiary alicyclic amines) is 1. The number of ether oxygens (including phenoxy) is 1. The van der Waals surface area contributed by atoms with E-state index in [-0.39, 0.29) is 30.8 Å². The maximum atomic E-state index is 12.8. The molecule has 2 aromatic carbocycles. The normalized spacial score (nSPS) is 19.7. The van der Waals surface area contributed by atoms with E-state index in [0.29, 0.717) is 13.0 Å². The van der Waals surface area contributed by atoms with Crippen LogP contribution in [-0.4, -0.2) is 52.7 Å². The highest BCUT2D eigenvalue weighted by Gasteiger charge is 2.41. The van der Waals surface area contributed by atoms with Crippen LogP contribution >= 0.6 is 0 Å². The smallest absolute Gasteiger partial charge is 0.407 e. The molecule has 1 heterocycles. The summed E-state index contributed by atoms with van der Waals surface area (Å²) in [6.07, 6.45) is 0.0515. The van der Waals surface area contributed by atoms with E-state index in [1.165, 1.54) is 4.90 Å². The van der Waals surface area contributed by atoms with E-state index in [4.69, 9.17) is 4.74 Å². The first kappa shape index (κ1) is 22.8. The van der Waals surface area contributed by atoms with Crippen LogP contribution in [0.3, 0.4) is 0 Å². The third-order valence-corrected chi connectivity index (χ3v) is 6.65. The van der Waals surface area contributed by atoms with Gasteiger partial charge in [-0.05, 0) is 48.4 Å². The van der Waals surface area contributed by atoms with E-state index in [9.17, 15) is 19.5 Å². The van der Waals surface area contributed by atoms with E-state index in [1.54, 1.807) is 13.8 Å². The molecule has 33 heavy (non-hydrogen) atoms. The van der Waals surface area contributed by atoms with Gasteiger partial charge < -0.3 is 20.1 Å². The third-order valence-electron chi connectivity index (χ3n) is 6.65. The Morgan fingerprint density at radius 2 is 1.64 bits per heavy atom. The summed E-state index contributed by atoms with van der Waals surface area (Å²) in [6.45, 7) is 5.92. The van der Waals surface area contributed by atoms with E-state index in [1.807, 2.05) is 31.2 Å². The van der Waals surface area contributed by atoms with E-state index in [2.05, 4.69) is 29.6 Å². The second-order valence-electron chi connectivity index (χ2n) is 9.65. The number of aliphatic carboxylic acids is 1. The van der Waals surface area contributed by atoms with Gasteiger partial charge in [0, 0.05) is 24.4 Å². The summed E-state index contributed by atoms with van der Waals surface area (Å²) in [4.78, 5) is 38.4. The molecule has 1 aliphatic heterocycles. The SMILES string of the molecule is CC1CCN(C(=O)CC(C)(C)NC(=O)OCC2c3ccccc3-c3ccccc32)C1C(=O)O. The van der Waals surface area contributed by atoms with Gasteiger partial charge in [-0.15, -0.1) is 0 Å². The molecular weight excluding hydrogens is 420 g/mol. The lowest BCUT2D eigenvalue weighted by Crippen LogP contribution is -2.50. The fourth-order valence-electron chi connectivity index (χ4n) is 5.04. The molecule has 2 amide bonds. The van der Waals surface area contributed by atoms with Crippen molar-refractivity contribution >= 4 is 18.0 Å². The predicted molar refractivity (Wildman–Crippen MR) is 124 cm³/mol. The topological polar surface area (TPSA) is 95.9 Å². The van der Waals surface area contributed by atoms with Crippen LogP contribution in [0.4, 0.5) is 4.79 Å². The number of carbonyl (C=O) groups excluding carboxylic acids is 2. The Balaban J connectivity index is 1.37. The first-order chi connectivity index (χ1) is 15.7.